The first-order chi connectivity index (χ1) is 8.10. The van der Waals surface area contributed by atoms with E-state index in [1.165, 1.54) is 0 Å². The molecule has 0 saturated carbocycles. The van der Waals surface area contributed by atoms with Crippen molar-refractivity contribution in [2.45, 2.75) is 19.4 Å². The van der Waals surface area contributed by atoms with E-state index in [0.29, 0.717) is 12.3 Å². The molecule has 0 spiro atoms. The predicted molar refractivity (Wildman–Crippen MR) is 68.0 cm³/mol. The Hall–Kier alpha value is -1.26. The summed E-state index contributed by atoms with van der Waals surface area (Å²) in [6.45, 7) is 2.52. The SMILES string of the molecule is CCC(COC)Nc1cccc(Cl)c1C(=O)O. The van der Waals surface area contributed by atoms with Gasteiger partial charge < -0.3 is 15.2 Å². The van der Waals surface area contributed by atoms with Gasteiger partial charge in [0.05, 0.1) is 17.3 Å². The third kappa shape index (κ3) is 3.61. The van der Waals surface area contributed by atoms with Gasteiger partial charge in [-0.05, 0) is 18.6 Å². The van der Waals surface area contributed by atoms with Crippen LogP contribution < -0.4 is 5.32 Å². The number of hydrogen-bond acceptors (Lipinski definition) is 3. The summed E-state index contributed by atoms with van der Waals surface area (Å²) in [5, 5.41) is 12.5. The number of nitrogens with one attached hydrogen (secondary N) is 1. The highest BCUT2D eigenvalue weighted by atomic mass is 35.5. The topological polar surface area (TPSA) is 58.6 Å². The van der Waals surface area contributed by atoms with Crippen molar-refractivity contribution in [3.63, 3.8) is 0 Å². The van der Waals surface area contributed by atoms with Crippen LogP contribution in [0.5, 0.6) is 0 Å². The van der Waals surface area contributed by atoms with Crippen molar-refractivity contribution in [3.05, 3.63) is 28.8 Å². The molecule has 1 rings (SSSR count). The molecule has 1 atom stereocenters. The van der Waals surface area contributed by atoms with E-state index in [-0.39, 0.29) is 16.6 Å². The summed E-state index contributed by atoms with van der Waals surface area (Å²) in [5.41, 5.74) is 0.623. The van der Waals surface area contributed by atoms with Crippen molar-refractivity contribution in [2.24, 2.45) is 0 Å². The van der Waals surface area contributed by atoms with Gasteiger partial charge in [-0.15, -0.1) is 0 Å². The molecule has 0 aliphatic rings. The van der Waals surface area contributed by atoms with Gasteiger partial charge in [0.25, 0.3) is 0 Å². The molecule has 0 aliphatic heterocycles. The van der Waals surface area contributed by atoms with Gasteiger partial charge >= 0.3 is 5.97 Å². The molecule has 1 unspecified atom stereocenters. The van der Waals surface area contributed by atoms with E-state index in [9.17, 15) is 4.79 Å². The summed E-state index contributed by atoms with van der Waals surface area (Å²) in [5.74, 6) is -1.04. The Labute approximate surface area is 106 Å². The maximum absolute atomic E-state index is 11.1. The number of aromatic carboxylic acids is 1. The van der Waals surface area contributed by atoms with Gasteiger partial charge in [-0.1, -0.05) is 24.6 Å². The highest BCUT2D eigenvalue weighted by Gasteiger charge is 2.16. The van der Waals surface area contributed by atoms with E-state index >= 15 is 0 Å². The average Bonchev–Trinajstić information content (AvgIpc) is 2.28. The third-order valence-corrected chi connectivity index (χ3v) is 2.76. The van der Waals surface area contributed by atoms with E-state index in [0.717, 1.165) is 6.42 Å². The lowest BCUT2D eigenvalue weighted by atomic mass is 10.1. The quantitative estimate of drug-likeness (QED) is 0.823. The monoisotopic (exact) mass is 257 g/mol. The van der Waals surface area contributed by atoms with E-state index in [1.807, 2.05) is 6.92 Å². The zero-order valence-corrected chi connectivity index (χ0v) is 10.6. The fourth-order valence-electron chi connectivity index (χ4n) is 1.54. The van der Waals surface area contributed by atoms with Crippen LogP contribution in [0.4, 0.5) is 5.69 Å². The van der Waals surface area contributed by atoms with Gasteiger partial charge in [0.2, 0.25) is 0 Å². The van der Waals surface area contributed by atoms with Crippen molar-refractivity contribution in [3.8, 4) is 0 Å². The number of carbonyl (C=O) groups is 1. The van der Waals surface area contributed by atoms with Crippen molar-refractivity contribution in [2.75, 3.05) is 19.0 Å². The van der Waals surface area contributed by atoms with Crippen LogP contribution in [0.3, 0.4) is 0 Å². The summed E-state index contributed by atoms with van der Waals surface area (Å²) >= 11 is 5.88. The number of rotatable bonds is 6. The van der Waals surface area contributed by atoms with Gasteiger partial charge in [-0.25, -0.2) is 4.79 Å². The zero-order chi connectivity index (χ0) is 12.8. The molecule has 1 aromatic carbocycles. The van der Waals surface area contributed by atoms with Crippen molar-refractivity contribution in [1.82, 2.24) is 0 Å². The van der Waals surface area contributed by atoms with Crippen LogP contribution in [-0.2, 0) is 4.74 Å². The standard InChI is InChI=1S/C12H16ClNO3/c1-3-8(7-17-2)14-10-6-4-5-9(13)11(10)12(15)16/h4-6,8,14H,3,7H2,1-2H3,(H,15,16). The molecule has 17 heavy (non-hydrogen) atoms. The van der Waals surface area contributed by atoms with Gasteiger partial charge in [0.1, 0.15) is 5.56 Å². The molecule has 0 aliphatic carbocycles. The molecule has 1 aromatic rings. The molecule has 2 N–H and O–H groups in total. The first-order valence-corrected chi connectivity index (χ1v) is 5.75. The molecular weight excluding hydrogens is 242 g/mol. The molecule has 94 valence electrons. The Morgan fingerprint density at radius 3 is 2.82 bits per heavy atom. The molecule has 0 bridgehead atoms. The lowest BCUT2D eigenvalue weighted by Crippen LogP contribution is -2.25. The summed E-state index contributed by atoms with van der Waals surface area (Å²) < 4.78 is 5.05. The van der Waals surface area contributed by atoms with Crippen molar-refractivity contribution in [1.29, 1.82) is 0 Å². The number of halogens is 1. The fourth-order valence-corrected chi connectivity index (χ4v) is 1.80. The lowest BCUT2D eigenvalue weighted by molar-refractivity contribution is 0.0698. The van der Waals surface area contributed by atoms with Gasteiger partial charge in [-0.3, -0.25) is 0 Å². The van der Waals surface area contributed by atoms with Crippen LogP contribution in [0, 0.1) is 0 Å². The number of carboxylic acids is 1. The minimum absolute atomic E-state index is 0.0663. The van der Waals surface area contributed by atoms with Gasteiger partial charge in [-0.2, -0.15) is 0 Å². The summed E-state index contributed by atoms with van der Waals surface area (Å²) in [6, 6.07) is 5.05. The van der Waals surface area contributed by atoms with Crippen LogP contribution in [0.25, 0.3) is 0 Å². The summed E-state index contributed by atoms with van der Waals surface area (Å²) in [7, 11) is 1.61. The van der Waals surface area contributed by atoms with E-state index in [4.69, 9.17) is 21.4 Å². The van der Waals surface area contributed by atoms with Crippen LogP contribution in [-0.4, -0.2) is 30.8 Å². The van der Waals surface area contributed by atoms with Crippen LogP contribution in [0.2, 0.25) is 5.02 Å². The molecule has 5 heteroatoms. The number of ether oxygens (including phenoxy) is 1. The summed E-state index contributed by atoms with van der Waals surface area (Å²) in [4.78, 5) is 11.1. The van der Waals surface area contributed by atoms with E-state index in [1.54, 1.807) is 25.3 Å². The van der Waals surface area contributed by atoms with Crippen molar-refractivity contribution >= 4 is 23.3 Å². The minimum atomic E-state index is -1.04. The Bertz CT molecular complexity index is 395. The Kier molecular flexibility index (Phi) is 5.25. The minimum Gasteiger partial charge on any atom is -0.478 e. The number of benzene rings is 1. The fraction of sp³-hybridized carbons (Fsp3) is 0.417. The van der Waals surface area contributed by atoms with E-state index < -0.39 is 5.97 Å². The second-order valence-electron chi connectivity index (χ2n) is 3.67. The average molecular weight is 258 g/mol. The predicted octanol–water partition coefficient (Wildman–Crippen LogP) is 2.88. The summed E-state index contributed by atoms with van der Waals surface area (Å²) in [6.07, 6.45) is 0.833. The molecule has 0 aromatic heterocycles. The molecular formula is C12H16ClNO3. The van der Waals surface area contributed by atoms with Crippen LogP contribution in [0.1, 0.15) is 23.7 Å². The normalized spacial score (nSPS) is 12.2. The second-order valence-corrected chi connectivity index (χ2v) is 4.08. The first-order valence-electron chi connectivity index (χ1n) is 5.37. The second kappa shape index (κ2) is 6.47. The smallest absolute Gasteiger partial charge is 0.339 e. The van der Waals surface area contributed by atoms with Crippen LogP contribution >= 0.6 is 11.6 Å². The van der Waals surface area contributed by atoms with Crippen LogP contribution in [0.15, 0.2) is 18.2 Å². The Morgan fingerprint density at radius 1 is 1.59 bits per heavy atom. The molecule has 0 fully saturated rings. The Balaban J connectivity index is 2.97. The molecule has 0 radical (unpaired) electrons. The third-order valence-electron chi connectivity index (χ3n) is 2.45. The number of carboxylic acid groups (broad SMARTS) is 1. The molecule has 0 heterocycles. The number of methoxy groups -OCH3 is 1. The first kappa shape index (κ1) is 13.8. The Morgan fingerprint density at radius 2 is 2.29 bits per heavy atom. The molecule has 0 amide bonds. The number of anilines is 1. The number of hydrogen-bond donors (Lipinski definition) is 2. The lowest BCUT2D eigenvalue weighted by Gasteiger charge is -2.19. The zero-order valence-electron chi connectivity index (χ0n) is 9.87. The van der Waals surface area contributed by atoms with E-state index in [2.05, 4.69) is 5.32 Å². The highest BCUT2D eigenvalue weighted by Crippen LogP contribution is 2.25. The van der Waals surface area contributed by atoms with Gasteiger partial charge in [0, 0.05) is 13.2 Å². The van der Waals surface area contributed by atoms with Gasteiger partial charge in [0.15, 0.2) is 0 Å². The largest absolute Gasteiger partial charge is 0.478 e. The highest BCUT2D eigenvalue weighted by molar-refractivity contribution is 6.34. The molecule has 0 saturated heterocycles. The molecule has 4 nitrogen and oxygen atoms in total. The maximum Gasteiger partial charge on any atom is 0.339 e. The maximum atomic E-state index is 11.1. The van der Waals surface area contributed by atoms with Crippen molar-refractivity contribution < 1.29 is 14.6 Å².